The van der Waals surface area contributed by atoms with Gasteiger partial charge in [-0.3, -0.25) is 0 Å². The molecule has 1 aromatic carbocycles. The Hall–Kier alpha value is -1.35. The number of ether oxygens (including phenoxy) is 1. The standard InChI is InChI=1S/C21H33NO2/c1-20(2,3)16-11-15(12-17(13-16)21(4,5)6)19(23)24-18-9-8-10-22(7)14-18/h11-13,18H,8-10,14H2,1-7H3/t18-/m1/s1. The molecule has 24 heavy (non-hydrogen) atoms. The summed E-state index contributed by atoms with van der Waals surface area (Å²) in [5.74, 6) is -0.188. The third-order valence-electron chi connectivity index (χ3n) is 4.76. The van der Waals surface area contributed by atoms with E-state index in [0.29, 0.717) is 5.56 Å². The van der Waals surface area contributed by atoms with Crippen molar-refractivity contribution in [2.75, 3.05) is 20.1 Å². The fourth-order valence-corrected chi connectivity index (χ4v) is 3.05. The van der Waals surface area contributed by atoms with Gasteiger partial charge >= 0.3 is 5.97 Å². The smallest absolute Gasteiger partial charge is 0.338 e. The number of esters is 1. The first-order chi connectivity index (χ1) is 11.0. The number of likely N-dealkylation sites (tertiary alicyclic amines) is 1. The maximum atomic E-state index is 12.7. The van der Waals surface area contributed by atoms with Crippen LogP contribution in [0.3, 0.4) is 0 Å². The summed E-state index contributed by atoms with van der Waals surface area (Å²) in [6.07, 6.45) is 2.05. The summed E-state index contributed by atoms with van der Waals surface area (Å²) in [7, 11) is 2.08. The second-order valence-corrected chi connectivity index (χ2v) is 9.23. The molecule has 0 spiro atoms. The van der Waals surface area contributed by atoms with E-state index in [4.69, 9.17) is 4.74 Å². The topological polar surface area (TPSA) is 29.5 Å². The zero-order valence-corrected chi connectivity index (χ0v) is 16.4. The monoisotopic (exact) mass is 331 g/mol. The number of carbonyl (C=O) groups excluding carboxylic acids is 1. The molecule has 134 valence electrons. The Bertz CT molecular complexity index is 561. The van der Waals surface area contributed by atoms with Crippen LogP contribution < -0.4 is 0 Å². The van der Waals surface area contributed by atoms with Crippen molar-refractivity contribution in [3.8, 4) is 0 Å². The van der Waals surface area contributed by atoms with Crippen molar-refractivity contribution >= 4 is 5.97 Å². The van der Waals surface area contributed by atoms with Crippen LogP contribution in [0.25, 0.3) is 0 Å². The van der Waals surface area contributed by atoms with Crippen LogP contribution in [0.4, 0.5) is 0 Å². The number of likely N-dealkylation sites (N-methyl/N-ethyl adjacent to an activating group) is 1. The van der Waals surface area contributed by atoms with E-state index in [9.17, 15) is 4.79 Å². The van der Waals surface area contributed by atoms with Gasteiger partial charge in [0.2, 0.25) is 0 Å². The van der Waals surface area contributed by atoms with E-state index in [-0.39, 0.29) is 22.9 Å². The van der Waals surface area contributed by atoms with Gasteiger partial charge in [0.15, 0.2) is 0 Å². The number of benzene rings is 1. The average Bonchev–Trinajstić information content (AvgIpc) is 2.45. The summed E-state index contributed by atoms with van der Waals surface area (Å²) in [4.78, 5) is 15.0. The third kappa shape index (κ3) is 4.83. The van der Waals surface area contributed by atoms with Gasteiger partial charge in [-0.15, -0.1) is 0 Å². The zero-order chi connectivity index (χ0) is 18.1. The van der Waals surface area contributed by atoms with Gasteiger partial charge in [-0.05, 0) is 60.5 Å². The van der Waals surface area contributed by atoms with Crippen LogP contribution in [0, 0.1) is 0 Å². The number of rotatable bonds is 2. The molecule has 0 saturated carbocycles. The lowest BCUT2D eigenvalue weighted by Crippen LogP contribution is -2.38. The summed E-state index contributed by atoms with van der Waals surface area (Å²) in [5.41, 5.74) is 3.05. The van der Waals surface area contributed by atoms with Gasteiger partial charge in [-0.1, -0.05) is 47.6 Å². The van der Waals surface area contributed by atoms with Crippen molar-refractivity contribution in [3.05, 3.63) is 34.9 Å². The summed E-state index contributed by atoms with van der Waals surface area (Å²) in [5, 5.41) is 0. The van der Waals surface area contributed by atoms with E-state index < -0.39 is 0 Å². The highest BCUT2D eigenvalue weighted by Gasteiger charge is 2.25. The minimum Gasteiger partial charge on any atom is -0.457 e. The summed E-state index contributed by atoms with van der Waals surface area (Å²) in [6.45, 7) is 15.0. The molecule has 0 amide bonds. The van der Waals surface area contributed by atoms with Crippen molar-refractivity contribution in [2.24, 2.45) is 0 Å². The first-order valence-corrected chi connectivity index (χ1v) is 9.02. The van der Waals surface area contributed by atoms with Crippen LogP contribution in [-0.2, 0) is 15.6 Å². The number of carbonyl (C=O) groups is 1. The Morgan fingerprint density at radius 1 is 1.04 bits per heavy atom. The molecule has 3 nitrogen and oxygen atoms in total. The number of hydrogen-bond donors (Lipinski definition) is 0. The number of nitrogens with zero attached hydrogens (tertiary/aromatic N) is 1. The van der Waals surface area contributed by atoms with E-state index in [1.54, 1.807) is 0 Å². The summed E-state index contributed by atoms with van der Waals surface area (Å²) < 4.78 is 5.80. The van der Waals surface area contributed by atoms with Crippen molar-refractivity contribution in [1.29, 1.82) is 0 Å². The van der Waals surface area contributed by atoms with Crippen LogP contribution in [0.5, 0.6) is 0 Å². The lowest BCUT2D eigenvalue weighted by atomic mass is 9.79. The first kappa shape index (κ1) is 19.0. The van der Waals surface area contributed by atoms with E-state index in [2.05, 4.69) is 59.6 Å². The lowest BCUT2D eigenvalue weighted by molar-refractivity contribution is 0.0108. The quantitative estimate of drug-likeness (QED) is 0.746. The van der Waals surface area contributed by atoms with Crippen LogP contribution >= 0.6 is 0 Å². The second-order valence-electron chi connectivity index (χ2n) is 9.23. The SMILES string of the molecule is CN1CCC[C@@H](OC(=O)c2cc(C(C)(C)C)cc(C(C)(C)C)c2)C1. The number of piperidine rings is 1. The van der Waals surface area contributed by atoms with E-state index in [0.717, 1.165) is 25.9 Å². The highest BCUT2D eigenvalue weighted by atomic mass is 16.5. The Kier molecular flexibility index (Phi) is 5.44. The molecule has 0 aromatic heterocycles. The molecule has 0 radical (unpaired) electrons. The van der Waals surface area contributed by atoms with Gasteiger partial charge in [0, 0.05) is 6.54 Å². The molecule has 0 aliphatic carbocycles. The molecule has 1 fully saturated rings. The molecular formula is C21H33NO2. The van der Waals surface area contributed by atoms with Crippen molar-refractivity contribution in [1.82, 2.24) is 4.90 Å². The summed E-state index contributed by atoms with van der Waals surface area (Å²) >= 11 is 0. The molecule has 1 aliphatic rings. The van der Waals surface area contributed by atoms with Gasteiger partial charge in [-0.2, -0.15) is 0 Å². The molecule has 0 unspecified atom stereocenters. The Labute approximate surface area is 147 Å². The van der Waals surface area contributed by atoms with Gasteiger partial charge in [0.25, 0.3) is 0 Å². The van der Waals surface area contributed by atoms with Crippen LogP contribution in [-0.4, -0.2) is 37.1 Å². The zero-order valence-electron chi connectivity index (χ0n) is 16.4. The predicted molar refractivity (Wildman–Crippen MR) is 99.8 cm³/mol. The fraction of sp³-hybridized carbons (Fsp3) is 0.667. The second kappa shape index (κ2) is 6.87. The van der Waals surface area contributed by atoms with Crippen LogP contribution in [0.1, 0.15) is 75.9 Å². The minimum absolute atomic E-state index is 0.00134. The number of hydrogen-bond acceptors (Lipinski definition) is 3. The van der Waals surface area contributed by atoms with Gasteiger partial charge in [-0.25, -0.2) is 4.79 Å². The van der Waals surface area contributed by atoms with Crippen molar-refractivity contribution in [2.45, 2.75) is 71.3 Å². The fourth-order valence-electron chi connectivity index (χ4n) is 3.05. The first-order valence-electron chi connectivity index (χ1n) is 9.02. The maximum Gasteiger partial charge on any atom is 0.338 e. The van der Waals surface area contributed by atoms with Gasteiger partial charge < -0.3 is 9.64 Å². The van der Waals surface area contributed by atoms with Crippen LogP contribution in [0.2, 0.25) is 0 Å². The normalized spacial score (nSPS) is 20.0. The molecule has 0 bridgehead atoms. The van der Waals surface area contributed by atoms with E-state index in [1.807, 2.05) is 12.1 Å². The molecule has 1 aromatic rings. The predicted octanol–water partition coefficient (Wildman–Crippen LogP) is 4.53. The Morgan fingerprint density at radius 3 is 2.04 bits per heavy atom. The van der Waals surface area contributed by atoms with Gasteiger partial charge in [0.1, 0.15) is 6.10 Å². The molecule has 1 saturated heterocycles. The Morgan fingerprint density at radius 2 is 1.58 bits per heavy atom. The average molecular weight is 332 g/mol. The molecule has 1 atom stereocenters. The van der Waals surface area contributed by atoms with E-state index >= 15 is 0 Å². The third-order valence-corrected chi connectivity index (χ3v) is 4.76. The largest absolute Gasteiger partial charge is 0.457 e. The molecule has 2 rings (SSSR count). The molecular weight excluding hydrogens is 298 g/mol. The minimum atomic E-state index is -0.188. The maximum absolute atomic E-state index is 12.7. The van der Waals surface area contributed by atoms with E-state index in [1.165, 1.54) is 11.1 Å². The molecule has 1 heterocycles. The lowest BCUT2D eigenvalue weighted by Gasteiger charge is -2.30. The Balaban J connectivity index is 2.29. The summed E-state index contributed by atoms with van der Waals surface area (Å²) in [6, 6.07) is 6.24. The molecule has 0 N–H and O–H groups in total. The highest BCUT2D eigenvalue weighted by molar-refractivity contribution is 5.90. The van der Waals surface area contributed by atoms with Gasteiger partial charge in [0.05, 0.1) is 5.56 Å². The van der Waals surface area contributed by atoms with Crippen LogP contribution in [0.15, 0.2) is 18.2 Å². The van der Waals surface area contributed by atoms with Crippen molar-refractivity contribution < 1.29 is 9.53 Å². The highest BCUT2D eigenvalue weighted by Crippen LogP contribution is 2.30. The van der Waals surface area contributed by atoms with Crippen molar-refractivity contribution in [3.63, 3.8) is 0 Å². The molecule has 1 aliphatic heterocycles. The molecule has 3 heteroatoms.